The van der Waals surface area contributed by atoms with Gasteiger partial charge in [-0.2, -0.15) is 13.2 Å². The van der Waals surface area contributed by atoms with Crippen LogP contribution in [0.15, 0.2) is 54.7 Å². The van der Waals surface area contributed by atoms with Crippen molar-refractivity contribution in [2.75, 3.05) is 5.32 Å². The summed E-state index contributed by atoms with van der Waals surface area (Å²) in [6.07, 6.45) is -2.97. The van der Waals surface area contributed by atoms with Crippen LogP contribution in [0.2, 0.25) is 0 Å². The number of benzene rings is 2. The molecule has 0 saturated heterocycles. The second-order valence-corrected chi connectivity index (χ2v) is 5.02. The van der Waals surface area contributed by atoms with Crippen molar-refractivity contribution in [3.05, 3.63) is 70.4 Å². The van der Waals surface area contributed by atoms with Crippen molar-refractivity contribution in [2.24, 2.45) is 0 Å². The lowest BCUT2D eigenvalue weighted by atomic mass is 10.1. The van der Waals surface area contributed by atoms with Crippen molar-refractivity contribution < 1.29 is 18.1 Å². The molecule has 1 heterocycles. The first-order valence-corrected chi connectivity index (χ1v) is 6.82. The van der Waals surface area contributed by atoms with Gasteiger partial charge >= 0.3 is 6.18 Å². The van der Waals surface area contributed by atoms with Gasteiger partial charge in [-0.1, -0.05) is 0 Å². The molecule has 0 unspecified atom stereocenters. The van der Waals surface area contributed by atoms with Crippen molar-refractivity contribution in [3.8, 4) is 0 Å². The first-order chi connectivity index (χ1) is 11.3. The molecule has 0 aliphatic carbocycles. The molecule has 0 atom stereocenters. The number of rotatable bonds is 3. The highest BCUT2D eigenvalue weighted by Crippen LogP contribution is 2.34. The summed E-state index contributed by atoms with van der Waals surface area (Å²) in [5, 5.41) is 13.9. The number of hydrogen-bond acceptors (Lipinski definition) is 4. The van der Waals surface area contributed by atoms with E-state index in [1.165, 1.54) is 36.5 Å². The Morgan fingerprint density at radius 2 is 1.75 bits per heavy atom. The summed E-state index contributed by atoms with van der Waals surface area (Å²) in [7, 11) is 0. The van der Waals surface area contributed by atoms with Crippen LogP contribution in [0.5, 0.6) is 0 Å². The van der Waals surface area contributed by atoms with Gasteiger partial charge in [0.15, 0.2) is 0 Å². The second kappa shape index (κ2) is 5.80. The molecule has 5 nitrogen and oxygen atoms in total. The lowest BCUT2D eigenvalue weighted by Gasteiger charge is -2.12. The lowest BCUT2D eigenvalue weighted by Crippen LogP contribution is -2.05. The standard InChI is InChI=1S/C16H10F3N3O2/c17-16(18,19)10-1-6-14-13(9-10)15(7-8-20-14)21-11-2-4-12(5-3-11)22(23)24/h1-9H,(H,20,21). The van der Waals surface area contributed by atoms with Gasteiger partial charge in [-0.3, -0.25) is 15.1 Å². The summed E-state index contributed by atoms with van der Waals surface area (Å²) in [4.78, 5) is 14.2. The average molecular weight is 333 g/mol. The van der Waals surface area contributed by atoms with Gasteiger partial charge in [0.2, 0.25) is 0 Å². The quantitative estimate of drug-likeness (QED) is 0.546. The minimum Gasteiger partial charge on any atom is -0.355 e. The third kappa shape index (κ3) is 3.12. The maximum atomic E-state index is 12.9. The van der Waals surface area contributed by atoms with Crippen LogP contribution in [0.4, 0.5) is 30.2 Å². The molecule has 0 bridgehead atoms. The highest BCUT2D eigenvalue weighted by molar-refractivity contribution is 5.93. The first-order valence-electron chi connectivity index (χ1n) is 6.82. The molecule has 1 N–H and O–H groups in total. The zero-order valence-corrected chi connectivity index (χ0v) is 12.0. The molecular weight excluding hydrogens is 323 g/mol. The minimum absolute atomic E-state index is 0.0699. The summed E-state index contributed by atoms with van der Waals surface area (Å²) in [5.41, 5.74) is 0.523. The third-order valence-corrected chi connectivity index (χ3v) is 3.43. The molecule has 1 aromatic heterocycles. The van der Waals surface area contributed by atoms with Crippen molar-refractivity contribution in [1.29, 1.82) is 0 Å². The maximum Gasteiger partial charge on any atom is 0.416 e. The summed E-state index contributed by atoms with van der Waals surface area (Å²) in [6.45, 7) is 0. The number of halogens is 3. The van der Waals surface area contributed by atoms with Crippen molar-refractivity contribution in [3.63, 3.8) is 0 Å². The molecule has 0 saturated carbocycles. The molecule has 3 rings (SSSR count). The summed E-state index contributed by atoms with van der Waals surface area (Å²) < 4.78 is 38.7. The number of aromatic nitrogens is 1. The monoisotopic (exact) mass is 333 g/mol. The molecule has 2 aromatic carbocycles. The smallest absolute Gasteiger partial charge is 0.355 e. The number of nitro benzene ring substituents is 1. The third-order valence-electron chi connectivity index (χ3n) is 3.43. The maximum absolute atomic E-state index is 12.9. The first kappa shape index (κ1) is 15.7. The van der Waals surface area contributed by atoms with E-state index in [0.717, 1.165) is 12.1 Å². The van der Waals surface area contributed by atoms with Crippen LogP contribution in [-0.4, -0.2) is 9.91 Å². The largest absolute Gasteiger partial charge is 0.416 e. The summed E-state index contributed by atoms with van der Waals surface area (Å²) >= 11 is 0. The Labute approximate surface area is 133 Å². The van der Waals surface area contributed by atoms with Gasteiger partial charge in [-0.25, -0.2) is 0 Å². The number of nitro groups is 1. The van der Waals surface area contributed by atoms with Gasteiger partial charge in [0.25, 0.3) is 5.69 Å². The zero-order chi connectivity index (χ0) is 17.3. The normalized spacial score (nSPS) is 11.5. The van der Waals surface area contributed by atoms with Gasteiger partial charge < -0.3 is 5.32 Å². The molecule has 0 amide bonds. The molecular formula is C16H10F3N3O2. The highest BCUT2D eigenvalue weighted by atomic mass is 19.4. The Balaban J connectivity index is 2.00. The van der Waals surface area contributed by atoms with Crippen LogP contribution in [0.3, 0.4) is 0 Å². The number of alkyl halides is 3. The fourth-order valence-electron chi connectivity index (χ4n) is 2.25. The van der Waals surface area contributed by atoms with Crippen LogP contribution in [0.1, 0.15) is 5.56 Å². The van der Waals surface area contributed by atoms with Crippen molar-refractivity contribution >= 4 is 28.0 Å². The topological polar surface area (TPSA) is 68.1 Å². The predicted octanol–water partition coefficient (Wildman–Crippen LogP) is 4.91. The van der Waals surface area contributed by atoms with Gasteiger partial charge in [-0.05, 0) is 36.4 Å². The predicted molar refractivity (Wildman–Crippen MR) is 83.1 cm³/mol. The molecule has 0 aliphatic heterocycles. The van der Waals surface area contributed by atoms with Crippen molar-refractivity contribution in [1.82, 2.24) is 4.98 Å². The van der Waals surface area contributed by atoms with Gasteiger partial charge in [0.1, 0.15) is 0 Å². The van der Waals surface area contributed by atoms with E-state index in [9.17, 15) is 23.3 Å². The molecule has 0 spiro atoms. The number of nitrogens with zero attached hydrogens (tertiary/aromatic N) is 2. The van der Waals surface area contributed by atoms with Gasteiger partial charge in [0, 0.05) is 35.1 Å². The average Bonchev–Trinajstić information content (AvgIpc) is 2.54. The molecule has 8 heteroatoms. The van der Waals surface area contributed by atoms with E-state index in [-0.39, 0.29) is 5.69 Å². The van der Waals surface area contributed by atoms with Crippen molar-refractivity contribution in [2.45, 2.75) is 6.18 Å². The Hall–Kier alpha value is -3.16. The van der Waals surface area contributed by atoms with Gasteiger partial charge in [0.05, 0.1) is 16.0 Å². The molecule has 0 fully saturated rings. The van der Waals surface area contributed by atoms with E-state index in [2.05, 4.69) is 10.3 Å². The molecule has 3 aromatic rings. The minimum atomic E-state index is -4.45. The van der Waals surface area contributed by atoms with Crippen LogP contribution in [0, 0.1) is 10.1 Å². The van der Waals surface area contributed by atoms with E-state index in [0.29, 0.717) is 22.3 Å². The van der Waals surface area contributed by atoms with E-state index < -0.39 is 16.7 Å². The van der Waals surface area contributed by atoms with Crippen LogP contribution >= 0.6 is 0 Å². The number of anilines is 2. The highest BCUT2D eigenvalue weighted by Gasteiger charge is 2.30. The number of non-ortho nitro benzene ring substituents is 1. The molecule has 0 aliphatic rings. The Morgan fingerprint density at radius 1 is 1.04 bits per heavy atom. The summed E-state index contributed by atoms with van der Waals surface area (Å²) in [6, 6.07) is 10.4. The Bertz CT molecular complexity index is 909. The summed E-state index contributed by atoms with van der Waals surface area (Å²) in [5.74, 6) is 0. The lowest BCUT2D eigenvalue weighted by molar-refractivity contribution is -0.384. The van der Waals surface area contributed by atoms with E-state index in [4.69, 9.17) is 0 Å². The molecule has 0 radical (unpaired) electrons. The molecule has 122 valence electrons. The van der Waals surface area contributed by atoms with E-state index in [1.807, 2.05) is 0 Å². The van der Waals surface area contributed by atoms with E-state index in [1.54, 1.807) is 6.07 Å². The fourth-order valence-corrected chi connectivity index (χ4v) is 2.25. The number of hydrogen-bond donors (Lipinski definition) is 1. The van der Waals surface area contributed by atoms with Crippen LogP contribution < -0.4 is 5.32 Å². The van der Waals surface area contributed by atoms with Crippen LogP contribution in [-0.2, 0) is 6.18 Å². The van der Waals surface area contributed by atoms with E-state index >= 15 is 0 Å². The second-order valence-electron chi connectivity index (χ2n) is 5.02. The Kier molecular flexibility index (Phi) is 3.80. The molecule has 24 heavy (non-hydrogen) atoms. The SMILES string of the molecule is O=[N+]([O-])c1ccc(Nc2ccnc3ccc(C(F)(F)F)cc23)cc1. The number of fused-ring (bicyclic) bond motifs is 1. The van der Waals surface area contributed by atoms with Crippen LogP contribution in [0.25, 0.3) is 10.9 Å². The number of nitrogens with one attached hydrogen (secondary N) is 1. The van der Waals surface area contributed by atoms with Gasteiger partial charge in [-0.15, -0.1) is 0 Å². The zero-order valence-electron chi connectivity index (χ0n) is 12.0. The Morgan fingerprint density at radius 3 is 2.38 bits per heavy atom. The number of pyridine rings is 1. The fraction of sp³-hybridized carbons (Fsp3) is 0.0625.